The summed E-state index contributed by atoms with van der Waals surface area (Å²) >= 11 is 1.52. The zero-order valence-corrected chi connectivity index (χ0v) is 17.0. The van der Waals surface area contributed by atoms with Crippen molar-refractivity contribution in [1.82, 2.24) is 4.57 Å². The van der Waals surface area contributed by atoms with Crippen molar-refractivity contribution < 1.29 is 9.53 Å². The number of aromatic nitrogens is 1. The Bertz CT molecular complexity index is 1000. The normalized spacial score (nSPS) is 11.8. The molecule has 1 amide bonds. The minimum absolute atomic E-state index is 0.221. The van der Waals surface area contributed by atoms with E-state index in [4.69, 9.17) is 4.74 Å². The van der Waals surface area contributed by atoms with Gasteiger partial charge in [-0.25, -0.2) is 0 Å². The first-order valence-corrected chi connectivity index (χ1v) is 9.97. The van der Waals surface area contributed by atoms with Crippen LogP contribution in [0.1, 0.15) is 30.6 Å². The highest BCUT2D eigenvalue weighted by Gasteiger charge is 2.10. The van der Waals surface area contributed by atoms with E-state index in [1.54, 1.807) is 0 Å². The number of amides is 1. The van der Waals surface area contributed by atoms with Crippen LogP contribution in [0.2, 0.25) is 0 Å². The average molecular weight is 384 g/mol. The maximum Gasteiger partial charge on any atom is 0.279 e. The molecule has 3 aromatic rings. The first-order chi connectivity index (χ1) is 13.0. The third-order valence-corrected chi connectivity index (χ3v) is 5.28. The van der Waals surface area contributed by atoms with E-state index < -0.39 is 0 Å². The number of carbonyl (C=O) groups is 1. The molecule has 0 radical (unpaired) electrons. The number of hydrogen-bond acceptors (Lipinski definition) is 4. The van der Waals surface area contributed by atoms with Crippen LogP contribution in [0.15, 0.2) is 47.5 Å². The monoisotopic (exact) mass is 383 g/mol. The highest BCUT2D eigenvalue weighted by atomic mass is 32.1. The van der Waals surface area contributed by atoms with Gasteiger partial charge >= 0.3 is 0 Å². The van der Waals surface area contributed by atoms with Crippen molar-refractivity contribution in [3.05, 3.63) is 52.8 Å². The summed E-state index contributed by atoms with van der Waals surface area (Å²) in [5, 5.41) is 0. The van der Waals surface area contributed by atoms with Gasteiger partial charge < -0.3 is 14.2 Å². The van der Waals surface area contributed by atoms with E-state index in [2.05, 4.69) is 16.5 Å². The van der Waals surface area contributed by atoms with Crippen molar-refractivity contribution >= 4 is 33.1 Å². The molecule has 2 aromatic carbocycles. The molecule has 0 saturated carbocycles. The Morgan fingerprint density at radius 2 is 1.89 bits per heavy atom. The lowest BCUT2D eigenvalue weighted by Gasteiger charge is -2.11. The van der Waals surface area contributed by atoms with Gasteiger partial charge in [-0.1, -0.05) is 18.3 Å². The molecule has 0 aliphatic heterocycles. The molecule has 27 heavy (non-hydrogen) atoms. The van der Waals surface area contributed by atoms with Gasteiger partial charge in [0, 0.05) is 31.9 Å². The second kappa shape index (κ2) is 8.39. The smallest absolute Gasteiger partial charge is 0.279 e. The summed E-state index contributed by atoms with van der Waals surface area (Å²) in [6.45, 7) is 5.54. The number of anilines is 1. The number of hydrogen-bond donors (Lipinski definition) is 0. The zero-order chi connectivity index (χ0) is 19.4. The van der Waals surface area contributed by atoms with E-state index in [9.17, 15) is 4.79 Å². The van der Waals surface area contributed by atoms with E-state index in [0.29, 0.717) is 12.2 Å². The molecule has 0 atom stereocenters. The van der Waals surface area contributed by atoms with Crippen LogP contribution in [0.5, 0.6) is 5.75 Å². The van der Waals surface area contributed by atoms with Crippen LogP contribution in [0.3, 0.4) is 0 Å². The van der Waals surface area contributed by atoms with Gasteiger partial charge in [-0.3, -0.25) is 4.79 Å². The maximum absolute atomic E-state index is 12.7. The number of carbonyl (C=O) groups excluding carboxylic acids is 1. The first kappa shape index (κ1) is 19.2. The van der Waals surface area contributed by atoms with Crippen molar-refractivity contribution in [2.24, 2.45) is 4.99 Å². The van der Waals surface area contributed by atoms with Gasteiger partial charge in [0.15, 0.2) is 4.80 Å². The summed E-state index contributed by atoms with van der Waals surface area (Å²) in [5.41, 5.74) is 2.73. The third-order valence-electron chi connectivity index (χ3n) is 4.24. The molecule has 0 N–H and O–H groups in total. The van der Waals surface area contributed by atoms with E-state index >= 15 is 0 Å². The number of thiazole rings is 1. The van der Waals surface area contributed by atoms with Crippen molar-refractivity contribution in [2.75, 3.05) is 25.6 Å². The van der Waals surface area contributed by atoms with Gasteiger partial charge in [0.2, 0.25) is 0 Å². The molecule has 0 bridgehead atoms. The molecule has 0 spiro atoms. The summed E-state index contributed by atoms with van der Waals surface area (Å²) in [4.78, 5) is 19.8. The fraction of sp³-hybridized carbons (Fsp3) is 0.333. The van der Waals surface area contributed by atoms with Gasteiger partial charge in [0.1, 0.15) is 5.75 Å². The summed E-state index contributed by atoms with van der Waals surface area (Å²) in [5.74, 6) is 0.619. The Kier molecular flexibility index (Phi) is 5.96. The predicted octanol–water partition coefficient (Wildman–Crippen LogP) is 4.32. The number of ether oxygens (including phenoxy) is 1. The predicted molar refractivity (Wildman–Crippen MR) is 112 cm³/mol. The van der Waals surface area contributed by atoms with Crippen LogP contribution in [0.4, 0.5) is 5.69 Å². The molecule has 6 heteroatoms. The highest BCUT2D eigenvalue weighted by molar-refractivity contribution is 7.16. The molecule has 0 aliphatic carbocycles. The van der Waals surface area contributed by atoms with Crippen LogP contribution in [-0.2, 0) is 6.54 Å². The number of rotatable bonds is 6. The van der Waals surface area contributed by atoms with E-state index in [-0.39, 0.29) is 5.91 Å². The van der Waals surface area contributed by atoms with Crippen LogP contribution in [0, 0.1) is 0 Å². The molecular formula is C21H25N3O2S. The molecule has 0 saturated heterocycles. The van der Waals surface area contributed by atoms with E-state index in [0.717, 1.165) is 39.4 Å². The lowest BCUT2D eigenvalue weighted by molar-refractivity contribution is 0.0998. The zero-order valence-electron chi connectivity index (χ0n) is 16.2. The van der Waals surface area contributed by atoms with Crippen molar-refractivity contribution in [3.8, 4) is 5.75 Å². The molecule has 142 valence electrons. The largest absolute Gasteiger partial charge is 0.494 e. The quantitative estimate of drug-likeness (QED) is 0.637. The third kappa shape index (κ3) is 4.22. The van der Waals surface area contributed by atoms with Gasteiger partial charge in [-0.05, 0) is 55.8 Å². The van der Waals surface area contributed by atoms with Gasteiger partial charge in [-0.15, -0.1) is 0 Å². The molecule has 0 fully saturated rings. The molecule has 5 nitrogen and oxygen atoms in total. The number of nitrogens with zero attached hydrogens (tertiary/aromatic N) is 3. The molecule has 0 unspecified atom stereocenters. The second-order valence-electron chi connectivity index (χ2n) is 6.46. The minimum atomic E-state index is -0.221. The van der Waals surface area contributed by atoms with Crippen molar-refractivity contribution in [2.45, 2.75) is 26.8 Å². The fourth-order valence-electron chi connectivity index (χ4n) is 2.89. The maximum atomic E-state index is 12.7. The van der Waals surface area contributed by atoms with E-state index in [1.165, 1.54) is 11.3 Å². The molecule has 3 rings (SSSR count). The molecule has 0 aliphatic rings. The SMILES string of the molecule is CCCn1c(=NC(=O)c2ccc(N(C)C)cc2)sc2cc(OCC)ccc21. The van der Waals surface area contributed by atoms with Crippen LogP contribution >= 0.6 is 11.3 Å². The first-order valence-electron chi connectivity index (χ1n) is 9.16. The van der Waals surface area contributed by atoms with Crippen LogP contribution in [-0.4, -0.2) is 31.2 Å². The van der Waals surface area contributed by atoms with Crippen LogP contribution < -0.4 is 14.4 Å². The van der Waals surface area contributed by atoms with Gasteiger partial charge in [0.25, 0.3) is 5.91 Å². The number of fused-ring (bicyclic) bond motifs is 1. The molecular weight excluding hydrogens is 358 g/mol. The molecule has 1 aromatic heterocycles. The Labute approximate surface area is 163 Å². The Morgan fingerprint density at radius 3 is 2.52 bits per heavy atom. The second-order valence-corrected chi connectivity index (χ2v) is 7.47. The summed E-state index contributed by atoms with van der Waals surface area (Å²) in [6, 6.07) is 13.5. The van der Waals surface area contributed by atoms with Crippen molar-refractivity contribution in [1.29, 1.82) is 0 Å². The fourth-order valence-corrected chi connectivity index (χ4v) is 3.97. The summed E-state index contributed by atoms with van der Waals surface area (Å²) in [6.07, 6.45) is 0.970. The standard InChI is InChI=1S/C21H25N3O2S/c1-5-13-24-18-12-11-17(26-6-2)14-19(18)27-21(24)22-20(25)15-7-9-16(10-8-15)23(3)4/h7-12,14H,5-6,13H2,1-4H3. The summed E-state index contributed by atoms with van der Waals surface area (Å²) in [7, 11) is 3.95. The van der Waals surface area contributed by atoms with E-state index in [1.807, 2.05) is 68.4 Å². The average Bonchev–Trinajstić information content (AvgIpc) is 2.99. The Balaban J connectivity index is 2.02. The van der Waals surface area contributed by atoms with Gasteiger partial charge in [-0.2, -0.15) is 4.99 Å². The van der Waals surface area contributed by atoms with Gasteiger partial charge in [0.05, 0.1) is 16.8 Å². The van der Waals surface area contributed by atoms with Crippen LogP contribution in [0.25, 0.3) is 10.2 Å². The Morgan fingerprint density at radius 1 is 1.15 bits per heavy atom. The highest BCUT2D eigenvalue weighted by Crippen LogP contribution is 2.24. The topological polar surface area (TPSA) is 46.8 Å². The lowest BCUT2D eigenvalue weighted by atomic mass is 10.2. The van der Waals surface area contributed by atoms with Crippen molar-refractivity contribution in [3.63, 3.8) is 0 Å². The minimum Gasteiger partial charge on any atom is -0.494 e. The summed E-state index contributed by atoms with van der Waals surface area (Å²) < 4.78 is 8.79. The lowest BCUT2D eigenvalue weighted by Crippen LogP contribution is -2.17. The Hall–Kier alpha value is -2.60. The number of aryl methyl sites for hydroxylation is 1. The molecule has 1 heterocycles. The number of benzene rings is 2.